The molecule has 1 fully saturated rings. The van der Waals surface area contributed by atoms with Crippen molar-refractivity contribution in [2.45, 2.75) is 38.6 Å². The van der Waals surface area contributed by atoms with Gasteiger partial charge in [0.05, 0.1) is 22.9 Å². The Morgan fingerprint density at radius 3 is 2.78 bits per heavy atom. The normalized spacial score (nSPS) is 14.5. The number of aliphatic hydroxyl groups excluding tert-OH is 1. The molecule has 3 N–H and O–H groups in total. The van der Waals surface area contributed by atoms with Crippen LogP contribution in [0.15, 0.2) is 24.4 Å². The van der Waals surface area contributed by atoms with Gasteiger partial charge in [-0.1, -0.05) is 18.1 Å². The van der Waals surface area contributed by atoms with Crippen LogP contribution in [0, 0.1) is 6.92 Å². The van der Waals surface area contributed by atoms with Crippen molar-refractivity contribution in [2.75, 3.05) is 12.4 Å². The molecule has 3 heterocycles. The van der Waals surface area contributed by atoms with Crippen molar-refractivity contribution >= 4 is 28.1 Å². The van der Waals surface area contributed by atoms with E-state index in [1.54, 1.807) is 10.9 Å². The summed E-state index contributed by atoms with van der Waals surface area (Å²) in [6, 6.07) is 6.42. The largest absolute Gasteiger partial charge is 0.400 e. The van der Waals surface area contributed by atoms with Crippen LogP contribution in [0.1, 0.15) is 31.5 Å². The Hall–Kier alpha value is -3.07. The van der Waals surface area contributed by atoms with E-state index in [4.69, 9.17) is 5.11 Å². The number of anilines is 1. The predicted octanol–water partition coefficient (Wildman–Crippen LogP) is 2.36. The standard InChI is InChI=1S/C17H18N8.CH4O/c1-10-19-13-7-6-12(8-14(13)20-10)25-16-15(23-24-25)9-18-17(22-16)21-11-4-2-3-5-11;1-2/h6-9,11H,2-5H2,1H3,(H,19,20)(H,18,21,22);2H,1H3. The Labute approximate surface area is 155 Å². The van der Waals surface area contributed by atoms with Crippen LogP contribution in [-0.2, 0) is 0 Å². The van der Waals surface area contributed by atoms with Gasteiger partial charge in [0.2, 0.25) is 5.95 Å². The SMILES string of the molecule is CO.Cc1nc2ccc(-n3nnc4cnc(NC5CCCC5)nc43)cc2[nH]1. The van der Waals surface area contributed by atoms with Crippen molar-refractivity contribution in [1.82, 2.24) is 34.9 Å². The highest BCUT2D eigenvalue weighted by Gasteiger charge is 2.17. The summed E-state index contributed by atoms with van der Waals surface area (Å²) in [6.45, 7) is 1.94. The summed E-state index contributed by atoms with van der Waals surface area (Å²) in [5, 5.41) is 18.9. The maximum absolute atomic E-state index is 7.00. The lowest BCUT2D eigenvalue weighted by Crippen LogP contribution is -2.16. The van der Waals surface area contributed by atoms with Crippen LogP contribution in [-0.4, -0.2) is 53.2 Å². The van der Waals surface area contributed by atoms with E-state index in [1.807, 2.05) is 25.1 Å². The topological polar surface area (TPSA) is 117 Å². The summed E-state index contributed by atoms with van der Waals surface area (Å²) < 4.78 is 1.74. The Balaban J connectivity index is 0.000000872. The molecule has 0 spiro atoms. The average Bonchev–Trinajstić information content (AvgIpc) is 3.41. The number of aromatic amines is 1. The number of rotatable bonds is 3. The molecule has 0 amide bonds. The zero-order chi connectivity index (χ0) is 18.8. The number of nitrogens with one attached hydrogen (secondary N) is 2. The molecule has 0 saturated heterocycles. The Kier molecular flexibility index (Phi) is 4.68. The Morgan fingerprint density at radius 1 is 1.15 bits per heavy atom. The number of hydrogen-bond donors (Lipinski definition) is 3. The second kappa shape index (κ2) is 7.28. The van der Waals surface area contributed by atoms with Crippen molar-refractivity contribution < 1.29 is 5.11 Å². The van der Waals surface area contributed by atoms with Gasteiger partial charge in [-0.2, -0.15) is 9.67 Å². The Bertz CT molecular complexity index is 1060. The minimum absolute atomic E-state index is 0.464. The zero-order valence-corrected chi connectivity index (χ0v) is 15.3. The van der Waals surface area contributed by atoms with Crippen LogP contribution in [0.5, 0.6) is 0 Å². The lowest BCUT2D eigenvalue weighted by atomic mass is 10.2. The zero-order valence-electron chi connectivity index (χ0n) is 15.3. The molecular weight excluding hydrogens is 344 g/mol. The maximum atomic E-state index is 7.00. The molecule has 3 aromatic heterocycles. The minimum Gasteiger partial charge on any atom is -0.400 e. The number of benzene rings is 1. The molecule has 9 heteroatoms. The van der Waals surface area contributed by atoms with Crippen molar-refractivity contribution in [3.63, 3.8) is 0 Å². The van der Waals surface area contributed by atoms with E-state index in [0.717, 1.165) is 29.7 Å². The third kappa shape index (κ3) is 3.33. The number of imidazole rings is 1. The van der Waals surface area contributed by atoms with E-state index >= 15 is 0 Å². The fourth-order valence-corrected chi connectivity index (χ4v) is 3.48. The minimum atomic E-state index is 0.464. The fourth-order valence-electron chi connectivity index (χ4n) is 3.48. The van der Waals surface area contributed by atoms with Gasteiger partial charge in [-0.3, -0.25) is 0 Å². The summed E-state index contributed by atoms with van der Waals surface area (Å²) in [5.74, 6) is 1.53. The third-order valence-electron chi connectivity index (χ3n) is 4.71. The molecule has 0 unspecified atom stereocenters. The summed E-state index contributed by atoms with van der Waals surface area (Å²) >= 11 is 0. The van der Waals surface area contributed by atoms with Gasteiger partial charge in [0.15, 0.2) is 11.2 Å². The van der Waals surface area contributed by atoms with Gasteiger partial charge in [0.25, 0.3) is 0 Å². The molecule has 5 rings (SSSR count). The van der Waals surface area contributed by atoms with Crippen LogP contribution in [0.4, 0.5) is 5.95 Å². The van der Waals surface area contributed by atoms with Crippen LogP contribution in [0.25, 0.3) is 27.9 Å². The van der Waals surface area contributed by atoms with Gasteiger partial charge in [0, 0.05) is 13.2 Å². The van der Waals surface area contributed by atoms with Crippen LogP contribution in [0.3, 0.4) is 0 Å². The predicted molar refractivity (Wildman–Crippen MR) is 103 cm³/mol. The van der Waals surface area contributed by atoms with Crippen LogP contribution in [0.2, 0.25) is 0 Å². The number of aromatic nitrogens is 7. The molecule has 1 aromatic carbocycles. The number of fused-ring (bicyclic) bond motifs is 2. The van der Waals surface area contributed by atoms with E-state index in [9.17, 15) is 0 Å². The molecule has 0 bridgehead atoms. The molecule has 140 valence electrons. The van der Waals surface area contributed by atoms with Gasteiger partial charge < -0.3 is 15.4 Å². The molecule has 0 radical (unpaired) electrons. The molecule has 1 aliphatic rings. The second-order valence-corrected chi connectivity index (χ2v) is 6.55. The molecule has 27 heavy (non-hydrogen) atoms. The monoisotopic (exact) mass is 366 g/mol. The highest BCUT2D eigenvalue weighted by molar-refractivity contribution is 5.79. The van der Waals surface area contributed by atoms with E-state index in [0.29, 0.717) is 23.2 Å². The van der Waals surface area contributed by atoms with Crippen LogP contribution >= 0.6 is 0 Å². The van der Waals surface area contributed by atoms with Crippen molar-refractivity contribution in [1.29, 1.82) is 0 Å². The number of nitrogens with zero attached hydrogens (tertiary/aromatic N) is 6. The Morgan fingerprint density at radius 2 is 1.96 bits per heavy atom. The number of H-pyrrole nitrogens is 1. The van der Waals surface area contributed by atoms with E-state index in [1.165, 1.54) is 25.7 Å². The quantitative estimate of drug-likeness (QED) is 0.509. The lowest BCUT2D eigenvalue weighted by Gasteiger charge is -2.11. The third-order valence-corrected chi connectivity index (χ3v) is 4.71. The molecule has 1 aliphatic carbocycles. The van der Waals surface area contributed by atoms with E-state index < -0.39 is 0 Å². The molecule has 4 aromatic rings. The summed E-state index contributed by atoms with van der Waals surface area (Å²) in [7, 11) is 1.00. The fraction of sp³-hybridized carbons (Fsp3) is 0.389. The number of hydrogen-bond acceptors (Lipinski definition) is 7. The first-order chi connectivity index (χ1) is 13.3. The number of aliphatic hydroxyl groups is 1. The molecule has 9 nitrogen and oxygen atoms in total. The van der Waals surface area contributed by atoms with Gasteiger partial charge in [0.1, 0.15) is 5.82 Å². The smallest absolute Gasteiger partial charge is 0.225 e. The van der Waals surface area contributed by atoms with Gasteiger partial charge in [-0.25, -0.2) is 9.97 Å². The van der Waals surface area contributed by atoms with Crippen molar-refractivity contribution in [3.8, 4) is 5.69 Å². The molecular formula is C18H22N8O. The van der Waals surface area contributed by atoms with Gasteiger partial charge in [-0.05, 0) is 38.0 Å². The van der Waals surface area contributed by atoms with Crippen molar-refractivity contribution in [3.05, 3.63) is 30.2 Å². The first-order valence-electron chi connectivity index (χ1n) is 9.03. The van der Waals surface area contributed by atoms with Crippen molar-refractivity contribution in [2.24, 2.45) is 0 Å². The highest BCUT2D eigenvalue weighted by Crippen LogP contribution is 2.22. The average molecular weight is 366 g/mol. The first kappa shape index (κ1) is 17.3. The molecule has 0 atom stereocenters. The van der Waals surface area contributed by atoms with Gasteiger partial charge >= 0.3 is 0 Å². The van der Waals surface area contributed by atoms with Crippen LogP contribution < -0.4 is 5.32 Å². The highest BCUT2D eigenvalue weighted by atomic mass is 16.2. The summed E-state index contributed by atoms with van der Waals surface area (Å²) in [4.78, 5) is 16.7. The lowest BCUT2D eigenvalue weighted by molar-refractivity contribution is 0.399. The summed E-state index contributed by atoms with van der Waals surface area (Å²) in [6.07, 6.45) is 6.61. The second-order valence-electron chi connectivity index (χ2n) is 6.55. The molecule has 1 saturated carbocycles. The number of aryl methyl sites for hydroxylation is 1. The summed E-state index contributed by atoms with van der Waals surface area (Å²) in [5.41, 5.74) is 4.18. The first-order valence-corrected chi connectivity index (χ1v) is 9.03. The molecule has 0 aliphatic heterocycles. The van der Waals surface area contributed by atoms with Gasteiger partial charge in [-0.15, -0.1) is 5.10 Å². The van der Waals surface area contributed by atoms with E-state index in [2.05, 4.69) is 35.6 Å². The maximum Gasteiger partial charge on any atom is 0.225 e. The van der Waals surface area contributed by atoms with E-state index in [-0.39, 0.29) is 0 Å².